The molecule has 0 saturated carbocycles. The number of aryl methyl sites for hydroxylation is 1. The molecule has 1 aliphatic rings. The fourth-order valence-corrected chi connectivity index (χ4v) is 4.21. The number of nitrogens with one attached hydrogen (secondary N) is 2. The number of pyridine rings is 1. The first kappa shape index (κ1) is 23.1. The van der Waals surface area contributed by atoms with Crippen LogP contribution < -0.4 is 15.5 Å². The van der Waals surface area contributed by atoms with Gasteiger partial charge in [0.2, 0.25) is 0 Å². The summed E-state index contributed by atoms with van der Waals surface area (Å²) in [7, 11) is 0. The Morgan fingerprint density at radius 2 is 2.19 bits per heavy atom. The number of nitrogens with zero attached hydrogens (tertiary/aromatic N) is 1. The number of benzene rings is 1. The molecule has 0 radical (unpaired) electrons. The minimum atomic E-state index is 0.0769. The molecule has 2 heterocycles. The van der Waals surface area contributed by atoms with Crippen LogP contribution in [0.25, 0.3) is 0 Å². The summed E-state index contributed by atoms with van der Waals surface area (Å²) in [6.45, 7) is 11.0. The van der Waals surface area contributed by atoms with Gasteiger partial charge < -0.3 is 15.0 Å². The smallest absolute Gasteiger partial charge is 0.187 e. The van der Waals surface area contributed by atoms with Crippen LogP contribution in [0, 0.1) is 12.8 Å². The zero-order valence-corrected chi connectivity index (χ0v) is 19.2. The van der Waals surface area contributed by atoms with Crippen LogP contribution in [0.5, 0.6) is 5.75 Å². The molecule has 5 nitrogen and oxygen atoms in total. The summed E-state index contributed by atoms with van der Waals surface area (Å²) >= 11 is 0. The predicted molar refractivity (Wildman–Crippen MR) is 129 cm³/mol. The van der Waals surface area contributed by atoms with Gasteiger partial charge in [0.15, 0.2) is 5.43 Å². The van der Waals surface area contributed by atoms with Gasteiger partial charge in [-0.3, -0.25) is 9.69 Å². The lowest BCUT2D eigenvalue weighted by Gasteiger charge is -2.30. The van der Waals surface area contributed by atoms with Crippen molar-refractivity contribution in [2.45, 2.75) is 53.0 Å². The predicted octanol–water partition coefficient (Wildman–Crippen LogP) is 4.91. The highest BCUT2D eigenvalue weighted by Gasteiger charge is 2.16. The Bertz CT molecular complexity index is 919. The van der Waals surface area contributed by atoms with Gasteiger partial charge in [0.05, 0.1) is 6.61 Å². The summed E-state index contributed by atoms with van der Waals surface area (Å²) in [5.74, 6) is 2.49. The van der Waals surface area contributed by atoms with Crippen molar-refractivity contribution in [3.05, 3.63) is 69.5 Å². The van der Waals surface area contributed by atoms with Crippen molar-refractivity contribution in [2.24, 2.45) is 5.92 Å². The summed E-state index contributed by atoms with van der Waals surface area (Å²) < 4.78 is 5.97. The Morgan fingerprint density at radius 1 is 1.32 bits per heavy atom. The lowest BCUT2D eigenvalue weighted by Crippen LogP contribution is -2.33. The van der Waals surface area contributed by atoms with Gasteiger partial charge in [0.25, 0.3) is 0 Å². The van der Waals surface area contributed by atoms with E-state index in [4.69, 9.17) is 4.74 Å². The number of aromatic amines is 1. The van der Waals surface area contributed by atoms with Crippen LogP contribution in [0.15, 0.2) is 47.3 Å². The van der Waals surface area contributed by atoms with Crippen molar-refractivity contribution < 1.29 is 4.74 Å². The van der Waals surface area contributed by atoms with Gasteiger partial charge in [-0.25, -0.2) is 0 Å². The molecule has 1 aromatic heterocycles. The number of H-pyrrole nitrogens is 1. The van der Waals surface area contributed by atoms with Gasteiger partial charge in [-0.2, -0.15) is 0 Å². The van der Waals surface area contributed by atoms with Crippen LogP contribution in [0.4, 0.5) is 5.82 Å². The number of hydrogen-bond donors (Lipinski definition) is 2. The highest BCUT2D eigenvalue weighted by atomic mass is 16.5. The van der Waals surface area contributed by atoms with Crippen LogP contribution in [-0.4, -0.2) is 36.1 Å². The first-order valence-corrected chi connectivity index (χ1v) is 11.6. The topological polar surface area (TPSA) is 57.4 Å². The third kappa shape index (κ3) is 7.28. The van der Waals surface area contributed by atoms with Gasteiger partial charge in [-0.1, -0.05) is 31.2 Å². The quantitative estimate of drug-likeness (QED) is 0.421. The molecule has 3 rings (SSSR count). The monoisotopic (exact) mass is 423 g/mol. The molecule has 2 N–H and O–H groups in total. The van der Waals surface area contributed by atoms with E-state index in [0.717, 1.165) is 48.3 Å². The number of aromatic nitrogens is 1. The second-order valence-electron chi connectivity index (χ2n) is 8.68. The molecule has 0 spiro atoms. The van der Waals surface area contributed by atoms with E-state index in [0.29, 0.717) is 13.0 Å². The third-order valence-electron chi connectivity index (χ3n) is 5.86. The van der Waals surface area contributed by atoms with Crippen molar-refractivity contribution in [3.8, 4) is 5.75 Å². The average Bonchev–Trinajstić information content (AvgIpc) is 2.73. The molecule has 0 bridgehead atoms. The molecular formula is C26H37N3O2. The van der Waals surface area contributed by atoms with Crippen molar-refractivity contribution >= 4 is 5.82 Å². The maximum Gasteiger partial charge on any atom is 0.187 e. The number of hydrogen-bond acceptors (Lipinski definition) is 4. The summed E-state index contributed by atoms with van der Waals surface area (Å²) in [6.07, 6.45) is 8.14. The molecule has 0 amide bonds. The second-order valence-corrected chi connectivity index (χ2v) is 8.68. The molecule has 2 aromatic rings. The summed E-state index contributed by atoms with van der Waals surface area (Å²) in [4.78, 5) is 18.1. The van der Waals surface area contributed by atoms with E-state index in [1.807, 2.05) is 32.1 Å². The molecule has 5 heteroatoms. The minimum absolute atomic E-state index is 0.0769. The average molecular weight is 424 g/mol. The van der Waals surface area contributed by atoms with E-state index in [2.05, 4.69) is 40.3 Å². The van der Waals surface area contributed by atoms with Gasteiger partial charge in [-0.05, 0) is 69.7 Å². The molecule has 1 fully saturated rings. The maximum absolute atomic E-state index is 12.3. The lowest BCUT2D eigenvalue weighted by molar-refractivity contribution is 0.176. The fraction of sp³-hybridized carbons (Fsp3) is 0.500. The molecule has 31 heavy (non-hydrogen) atoms. The zero-order valence-electron chi connectivity index (χ0n) is 19.2. The highest BCUT2D eigenvalue weighted by Crippen LogP contribution is 2.20. The minimum Gasteiger partial charge on any atom is -0.494 e. The van der Waals surface area contributed by atoms with E-state index in [-0.39, 0.29) is 5.43 Å². The molecule has 0 aliphatic carbocycles. The van der Waals surface area contributed by atoms with Crippen LogP contribution in [-0.2, 0) is 13.0 Å². The number of rotatable bonds is 10. The second kappa shape index (κ2) is 11.8. The highest BCUT2D eigenvalue weighted by molar-refractivity contribution is 5.39. The van der Waals surface area contributed by atoms with Crippen LogP contribution in [0.1, 0.15) is 49.9 Å². The van der Waals surface area contributed by atoms with E-state index in [9.17, 15) is 4.79 Å². The van der Waals surface area contributed by atoms with Crippen molar-refractivity contribution in [1.29, 1.82) is 0 Å². The first-order chi connectivity index (χ1) is 15.0. The molecule has 1 atom stereocenters. The Hall–Kier alpha value is -2.53. The van der Waals surface area contributed by atoms with Gasteiger partial charge in [0.1, 0.15) is 11.6 Å². The lowest BCUT2D eigenvalue weighted by atomic mass is 10.00. The zero-order chi connectivity index (χ0) is 22.1. The molecular weight excluding hydrogens is 386 g/mol. The Balaban J connectivity index is 1.42. The number of allylic oxidation sites excluding steroid dienone is 2. The van der Waals surface area contributed by atoms with Gasteiger partial charge >= 0.3 is 0 Å². The maximum atomic E-state index is 12.3. The molecule has 1 saturated heterocycles. The summed E-state index contributed by atoms with van der Waals surface area (Å²) in [6, 6.07) is 10.1. The van der Waals surface area contributed by atoms with E-state index < -0.39 is 0 Å². The number of likely N-dealkylation sites (tertiary alicyclic amines) is 1. The molecule has 1 unspecified atom stereocenters. The van der Waals surface area contributed by atoms with E-state index in [1.54, 1.807) is 6.07 Å². The normalized spacial score (nSPS) is 17.2. The standard InChI is InChI=1S/C26H37N3O2/c1-4-5-12-24-21(3)28-26(17-25(24)30)27-13-8-15-31-23-11-6-10-22(16-23)19-29-14-7-9-20(2)18-29/h4-6,10-11,16-17,20H,7-9,12-15,18-19H2,1-3H3,(H2,27,28,30)/b5-4+. The van der Waals surface area contributed by atoms with E-state index in [1.165, 1.54) is 31.5 Å². The third-order valence-corrected chi connectivity index (χ3v) is 5.86. The Labute approximate surface area is 186 Å². The van der Waals surface area contributed by atoms with E-state index >= 15 is 0 Å². The van der Waals surface area contributed by atoms with Gasteiger partial charge in [0, 0.05) is 37.0 Å². The van der Waals surface area contributed by atoms with Crippen LogP contribution >= 0.6 is 0 Å². The Kier molecular flexibility index (Phi) is 8.77. The van der Waals surface area contributed by atoms with Crippen LogP contribution in [0.2, 0.25) is 0 Å². The SMILES string of the molecule is C/C=C/Cc1c(C)[nH]c(NCCCOc2cccc(CN3CCCC(C)C3)c2)cc1=O. The molecule has 1 aromatic carbocycles. The first-order valence-electron chi connectivity index (χ1n) is 11.6. The summed E-state index contributed by atoms with van der Waals surface area (Å²) in [5, 5.41) is 3.31. The van der Waals surface area contributed by atoms with Crippen molar-refractivity contribution in [2.75, 3.05) is 31.6 Å². The van der Waals surface area contributed by atoms with Gasteiger partial charge in [-0.15, -0.1) is 0 Å². The largest absolute Gasteiger partial charge is 0.494 e. The number of ether oxygens (including phenoxy) is 1. The molecule has 168 valence electrons. The van der Waals surface area contributed by atoms with Crippen molar-refractivity contribution in [1.82, 2.24) is 9.88 Å². The summed E-state index contributed by atoms with van der Waals surface area (Å²) in [5.41, 5.74) is 3.14. The number of piperidine rings is 1. The van der Waals surface area contributed by atoms with Crippen molar-refractivity contribution in [3.63, 3.8) is 0 Å². The van der Waals surface area contributed by atoms with Crippen LogP contribution in [0.3, 0.4) is 0 Å². The number of anilines is 1. The Morgan fingerprint density at radius 3 is 2.97 bits per heavy atom. The molecule has 1 aliphatic heterocycles. The fourth-order valence-electron chi connectivity index (χ4n) is 4.21.